The Morgan fingerprint density at radius 3 is 2.22 bits per heavy atom. The summed E-state index contributed by atoms with van der Waals surface area (Å²) >= 11 is 3.42. The molecule has 1 aromatic heterocycles. The van der Waals surface area contributed by atoms with Gasteiger partial charge in [0.25, 0.3) is 17.7 Å². The molecule has 2 aliphatic rings. The zero-order chi connectivity index (χ0) is 22.9. The van der Waals surface area contributed by atoms with Crippen LogP contribution in [0.3, 0.4) is 0 Å². The van der Waals surface area contributed by atoms with Crippen molar-refractivity contribution in [1.82, 2.24) is 15.2 Å². The number of nitrogens with zero attached hydrogens (tertiary/aromatic N) is 2. The molecule has 0 spiro atoms. The molecule has 1 saturated carbocycles. The number of piperidine rings is 1. The minimum absolute atomic E-state index is 0.0228. The van der Waals surface area contributed by atoms with Gasteiger partial charge in [-0.05, 0) is 42.7 Å². The highest BCUT2D eigenvalue weighted by Gasteiger charge is 2.43. The molecule has 0 radical (unpaired) electrons. The van der Waals surface area contributed by atoms with Gasteiger partial charge in [-0.15, -0.1) is 0 Å². The van der Waals surface area contributed by atoms with E-state index in [0.717, 1.165) is 29.3 Å². The van der Waals surface area contributed by atoms with Gasteiger partial charge in [-0.1, -0.05) is 34.5 Å². The predicted octanol–water partition coefficient (Wildman–Crippen LogP) is 4.54. The van der Waals surface area contributed by atoms with Crippen LogP contribution in [-0.4, -0.2) is 46.5 Å². The summed E-state index contributed by atoms with van der Waals surface area (Å²) in [6, 6.07) is 10.7. The normalized spacial score (nSPS) is 19.0. The number of likely N-dealkylation sites (tertiary alicyclic amines) is 1. The maximum Gasteiger partial charge on any atom is 0.272 e. The molecule has 2 amide bonds. The van der Waals surface area contributed by atoms with Crippen molar-refractivity contribution in [3.05, 3.63) is 63.9 Å². The third-order valence-electron chi connectivity index (χ3n) is 6.35. The van der Waals surface area contributed by atoms with Crippen LogP contribution in [0.1, 0.15) is 58.5 Å². The number of carbonyl (C=O) groups is 2. The van der Waals surface area contributed by atoms with E-state index in [0.29, 0.717) is 0 Å². The van der Waals surface area contributed by atoms with Crippen LogP contribution in [0.15, 0.2) is 47.1 Å². The zero-order valence-electron chi connectivity index (χ0n) is 17.3. The van der Waals surface area contributed by atoms with Crippen molar-refractivity contribution in [3.8, 4) is 0 Å². The molecule has 32 heavy (non-hydrogen) atoms. The van der Waals surface area contributed by atoms with E-state index in [1.165, 1.54) is 23.2 Å². The summed E-state index contributed by atoms with van der Waals surface area (Å²) in [5.74, 6) is -3.48. The summed E-state index contributed by atoms with van der Waals surface area (Å²) in [6.45, 7) is -0.0455. The quantitative estimate of drug-likeness (QED) is 0.473. The molecule has 2 N–H and O–H groups in total. The highest BCUT2D eigenvalue weighted by Crippen LogP contribution is 2.44. The monoisotopic (exact) mass is 504 g/mol. The number of aromatic nitrogens is 1. The first-order valence-corrected chi connectivity index (χ1v) is 11.3. The molecule has 1 aliphatic heterocycles. The number of hydrogen-bond donors (Lipinski definition) is 2. The van der Waals surface area contributed by atoms with Gasteiger partial charge in [-0.2, -0.15) is 0 Å². The Labute approximate surface area is 193 Å². The number of pyridine rings is 1. The Bertz CT molecular complexity index is 1030. The number of alkyl halides is 2. The minimum atomic E-state index is -2.73. The van der Waals surface area contributed by atoms with Gasteiger partial charge in [0.05, 0.1) is 11.0 Å². The first-order chi connectivity index (χ1) is 15.2. The van der Waals surface area contributed by atoms with Crippen LogP contribution >= 0.6 is 15.9 Å². The lowest BCUT2D eigenvalue weighted by atomic mass is 9.63. The Hall–Kier alpha value is -2.68. The molecule has 6 nitrogen and oxygen atoms in total. The van der Waals surface area contributed by atoms with Crippen molar-refractivity contribution >= 4 is 33.6 Å². The van der Waals surface area contributed by atoms with Gasteiger partial charge in [0.15, 0.2) is 0 Å². The lowest BCUT2D eigenvalue weighted by molar-refractivity contribution is -0.0495. The van der Waals surface area contributed by atoms with Gasteiger partial charge in [0, 0.05) is 36.6 Å². The Morgan fingerprint density at radius 1 is 1.03 bits per heavy atom. The van der Waals surface area contributed by atoms with Crippen LogP contribution in [0.4, 0.5) is 8.78 Å². The van der Waals surface area contributed by atoms with E-state index in [2.05, 4.69) is 26.2 Å². The Kier molecular flexibility index (Phi) is 6.11. The minimum Gasteiger partial charge on any atom is -0.337 e. The zero-order valence-corrected chi connectivity index (χ0v) is 18.9. The number of amidine groups is 1. The molecule has 1 saturated heterocycles. The first kappa shape index (κ1) is 22.5. The smallest absolute Gasteiger partial charge is 0.272 e. The summed E-state index contributed by atoms with van der Waals surface area (Å²) in [7, 11) is 0. The number of halogens is 3. The van der Waals surface area contributed by atoms with Crippen molar-refractivity contribution in [2.24, 2.45) is 0 Å². The number of hydrogen-bond acceptors (Lipinski definition) is 4. The van der Waals surface area contributed by atoms with E-state index in [1.807, 2.05) is 24.3 Å². The molecule has 4 rings (SSSR count). The summed E-state index contributed by atoms with van der Waals surface area (Å²) in [5, 5.41) is 11.2. The fourth-order valence-corrected chi connectivity index (χ4v) is 4.41. The number of nitrogens with one attached hydrogen (secondary N) is 2. The van der Waals surface area contributed by atoms with Crippen molar-refractivity contribution < 1.29 is 18.4 Å². The second kappa shape index (κ2) is 8.69. The van der Waals surface area contributed by atoms with E-state index in [4.69, 9.17) is 5.41 Å². The predicted molar refractivity (Wildman–Crippen MR) is 119 cm³/mol. The van der Waals surface area contributed by atoms with E-state index in [9.17, 15) is 18.4 Å². The van der Waals surface area contributed by atoms with Gasteiger partial charge >= 0.3 is 0 Å². The van der Waals surface area contributed by atoms with E-state index < -0.39 is 23.2 Å². The van der Waals surface area contributed by atoms with Gasteiger partial charge in [-0.3, -0.25) is 20.0 Å². The van der Waals surface area contributed by atoms with Crippen LogP contribution in [0.5, 0.6) is 0 Å². The Balaban J connectivity index is 1.41. The molecule has 2 aromatic rings. The highest BCUT2D eigenvalue weighted by atomic mass is 79.9. The van der Waals surface area contributed by atoms with Crippen LogP contribution in [0.2, 0.25) is 0 Å². The maximum atomic E-state index is 13.3. The maximum absolute atomic E-state index is 13.3. The molecular formula is C23H23BrF2N4O2. The number of amides is 2. The standard InChI is InChI=1S/C23H23BrF2N4O2/c24-17-5-3-16(4-6-17)22(8-1-9-22)21(27)29-19(31)15-2-7-18(28-14-15)20(32)30-12-10-23(25,26)11-13-30/h2-7,14H,1,8-13H2,(H2,27,29,31). The molecule has 168 valence electrons. The third-order valence-corrected chi connectivity index (χ3v) is 6.88. The SMILES string of the molecule is N=C(NC(=O)c1ccc(C(=O)N2CCC(F)(F)CC2)nc1)C1(c2ccc(Br)cc2)CCC1. The summed E-state index contributed by atoms with van der Waals surface area (Å²) in [6.07, 6.45) is 3.11. The molecule has 0 bridgehead atoms. The molecular weight excluding hydrogens is 482 g/mol. The summed E-state index contributed by atoms with van der Waals surface area (Å²) in [5.41, 5.74) is 0.813. The molecule has 0 atom stereocenters. The molecule has 2 heterocycles. The van der Waals surface area contributed by atoms with Gasteiger partial charge < -0.3 is 10.2 Å². The molecule has 2 fully saturated rings. The molecule has 9 heteroatoms. The van der Waals surface area contributed by atoms with Crippen molar-refractivity contribution in [2.45, 2.75) is 43.4 Å². The van der Waals surface area contributed by atoms with Crippen LogP contribution in [0, 0.1) is 5.41 Å². The van der Waals surface area contributed by atoms with E-state index in [-0.39, 0.29) is 43.0 Å². The van der Waals surface area contributed by atoms with Crippen LogP contribution in [-0.2, 0) is 5.41 Å². The van der Waals surface area contributed by atoms with Crippen LogP contribution in [0.25, 0.3) is 0 Å². The third kappa shape index (κ3) is 4.44. The van der Waals surface area contributed by atoms with Gasteiger partial charge in [0.2, 0.25) is 0 Å². The summed E-state index contributed by atoms with van der Waals surface area (Å²) < 4.78 is 27.6. The highest BCUT2D eigenvalue weighted by molar-refractivity contribution is 9.10. The average Bonchev–Trinajstić information content (AvgIpc) is 2.74. The van der Waals surface area contributed by atoms with Gasteiger partial charge in [-0.25, -0.2) is 8.78 Å². The second-order valence-electron chi connectivity index (χ2n) is 8.35. The van der Waals surface area contributed by atoms with E-state index in [1.54, 1.807) is 0 Å². The van der Waals surface area contributed by atoms with Crippen LogP contribution < -0.4 is 5.32 Å². The largest absolute Gasteiger partial charge is 0.337 e. The fourth-order valence-electron chi connectivity index (χ4n) is 4.14. The molecule has 1 aliphatic carbocycles. The topological polar surface area (TPSA) is 86.2 Å². The summed E-state index contributed by atoms with van der Waals surface area (Å²) in [4.78, 5) is 30.6. The van der Waals surface area contributed by atoms with Gasteiger partial charge in [0.1, 0.15) is 11.5 Å². The average molecular weight is 505 g/mol. The second-order valence-corrected chi connectivity index (χ2v) is 9.27. The first-order valence-electron chi connectivity index (χ1n) is 10.5. The molecule has 1 aromatic carbocycles. The molecule has 0 unspecified atom stereocenters. The van der Waals surface area contributed by atoms with E-state index >= 15 is 0 Å². The number of carbonyl (C=O) groups excluding carboxylic acids is 2. The van der Waals surface area contributed by atoms with Crippen molar-refractivity contribution in [3.63, 3.8) is 0 Å². The fraction of sp³-hybridized carbons (Fsp3) is 0.391. The number of benzene rings is 1. The van der Waals surface area contributed by atoms with Crippen molar-refractivity contribution in [2.75, 3.05) is 13.1 Å². The lowest BCUT2D eigenvalue weighted by Gasteiger charge is -2.42. The number of rotatable bonds is 4. The van der Waals surface area contributed by atoms with Crippen molar-refractivity contribution in [1.29, 1.82) is 5.41 Å². The Morgan fingerprint density at radius 2 is 1.69 bits per heavy atom. The lowest BCUT2D eigenvalue weighted by Crippen LogP contribution is -2.50.